The molecule has 0 saturated heterocycles. The minimum atomic E-state index is 0.678. The van der Waals surface area contributed by atoms with Crippen molar-refractivity contribution in [2.24, 2.45) is 5.92 Å². The van der Waals surface area contributed by atoms with E-state index in [2.05, 4.69) is 59.1 Å². The second kappa shape index (κ2) is 5.19. The van der Waals surface area contributed by atoms with Crippen LogP contribution in [-0.2, 0) is 0 Å². The lowest BCUT2D eigenvalue weighted by Crippen LogP contribution is -2.30. The number of nitrogens with one attached hydrogen (secondary N) is 1. The van der Waals surface area contributed by atoms with Crippen LogP contribution in [0.2, 0.25) is 0 Å². The third kappa shape index (κ3) is 3.10. The van der Waals surface area contributed by atoms with Crippen LogP contribution in [0.3, 0.4) is 0 Å². The van der Waals surface area contributed by atoms with E-state index in [1.165, 1.54) is 34.9 Å². The molecule has 82 valence electrons. The predicted octanol–water partition coefficient (Wildman–Crippen LogP) is 4.28. The van der Waals surface area contributed by atoms with E-state index in [1.54, 1.807) is 0 Å². The standard InChI is InChI=1S/C13H18IN/c1-10-5-2-3-8-13(10)15-12-7-4-6-11(14)9-12/h4,6-7,9-10,13,15H,2-3,5,8H2,1H3. The largest absolute Gasteiger partial charge is 0.382 e. The Morgan fingerprint density at radius 1 is 1.27 bits per heavy atom. The zero-order valence-electron chi connectivity index (χ0n) is 9.17. The van der Waals surface area contributed by atoms with Gasteiger partial charge in [-0.25, -0.2) is 0 Å². The Balaban J connectivity index is 2.01. The summed E-state index contributed by atoms with van der Waals surface area (Å²) in [4.78, 5) is 0. The SMILES string of the molecule is CC1CCCCC1Nc1cccc(I)c1. The van der Waals surface area contributed by atoms with E-state index >= 15 is 0 Å². The van der Waals surface area contributed by atoms with Crippen LogP contribution in [0.1, 0.15) is 32.6 Å². The van der Waals surface area contributed by atoms with Gasteiger partial charge in [0.25, 0.3) is 0 Å². The molecule has 2 rings (SSSR count). The zero-order chi connectivity index (χ0) is 10.7. The monoisotopic (exact) mass is 315 g/mol. The van der Waals surface area contributed by atoms with E-state index in [0.29, 0.717) is 6.04 Å². The number of rotatable bonds is 2. The maximum atomic E-state index is 3.67. The van der Waals surface area contributed by atoms with Crippen molar-refractivity contribution in [3.8, 4) is 0 Å². The summed E-state index contributed by atoms with van der Waals surface area (Å²) in [6.45, 7) is 2.37. The predicted molar refractivity (Wildman–Crippen MR) is 74.2 cm³/mol. The molecule has 1 saturated carbocycles. The molecule has 1 nitrogen and oxygen atoms in total. The molecule has 2 atom stereocenters. The fourth-order valence-electron chi connectivity index (χ4n) is 2.32. The van der Waals surface area contributed by atoms with E-state index in [4.69, 9.17) is 0 Å². The van der Waals surface area contributed by atoms with E-state index in [1.807, 2.05) is 0 Å². The second-order valence-electron chi connectivity index (χ2n) is 4.52. The molecule has 0 radical (unpaired) electrons. The van der Waals surface area contributed by atoms with Crippen LogP contribution in [-0.4, -0.2) is 6.04 Å². The van der Waals surface area contributed by atoms with Crippen LogP contribution in [0.4, 0.5) is 5.69 Å². The Bertz CT molecular complexity index is 324. The van der Waals surface area contributed by atoms with Gasteiger partial charge in [-0.05, 0) is 59.5 Å². The number of halogens is 1. The molecule has 1 aliphatic rings. The normalized spacial score (nSPS) is 26.3. The molecule has 2 unspecified atom stereocenters. The number of hydrogen-bond donors (Lipinski definition) is 1. The van der Waals surface area contributed by atoms with E-state index in [0.717, 1.165) is 5.92 Å². The summed E-state index contributed by atoms with van der Waals surface area (Å²) in [6.07, 6.45) is 5.49. The summed E-state index contributed by atoms with van der Waals surface area (Å²) in [5, 5.41) is 3.67. The lowest BCUT2D eigenvalue weighted by molar-refractivity contribution is 0.349. The maximum Gasteiger partial charge on any atom is 0.0353 e. The third-order valence-corrected chi connectivity index (χ3v) is 3.96. The number of benzene rings is 1. The molecule has 1 aromatic carbocycles. The van der Waals surface area contributed by atoms with Crippen molar-refractivity contribution in [1.29, 1.82) is 0 Å². The average molecular weight is 315 g/mol. The summed E-state index contributed by atoms with van der Waals surface area (Å²) in [5.74, 6) is 0.816. The van der Waals surface area contributed by atoms with Gasteiger partial charge in [0.05, 0.1) is 0 Å². The first-order valence-corrected chi connectivity index (χ1v) is 6.85. The molecule has 1 N–H and O–H groups in total. The lowest BCUT2D eigenvalue weighted by atomic mass is 9.86. The second-order valence-corrected chi connectivity index (χ2v) is 5.77. The van der Waals surface area contributed by atoms with Gasteiger partial charge in [-0.15, -0.1) is 0 Å². The Hall–Kier alpha value is -0.250. The molecule has 0 bridgehead atoms. The molecule has 1 aromatic rings. The highest BCUT2D eigenvalue weighted by Gasteiger charge is 2.20. The van der Waals surface area contributed by atoms with Gasteiger partial charge in [-0.1, -0.05) is 25.8 Å². The molecule has 0 spiro atoms. The molecule has 15 heavy (non-hydrogen) atoms. The van der Waals surface area contributed by atoms with Crippen molar-refractivity contribution in [3.05, 3.63) is 27.8 Å². The number of anilines is 1. The quantitative estimate of drug-likeness (QED) is 0.803. The van der Waals surface area contributed by atoms with Gasteiger partial charge >= 0.3 is 0 Å². The van der Waals surface area contributed by atoms with Crippen molar-refractivity contribution in [3.63, 3.8) is 0 Å². The molecular weight excluding hydrogens is 297 g/mol. The Morgan fingerprint density at radius 3 is 2.80 bits per heavy atom. The highest BCUT2D eigenvalue weighted by molar-refractivity contribution is 14.1. The molecule has 0 amide bonds. The molecule has 0 aromatic heterocycles. The Morgan fingerprint density at radius 2 is 2.07 bits per heavy atom. The fourth-order valence-corrected chi connectivity index (χ4v) is 2.87. The smallest absolute Gasteiger partial charge is 0.0353 e. The summed E-state index contributed by atoms with van der Waals surface area (Å²) < 4.78 is 1.31. The number of hydrogen-bond acceptors (Lipinski definition) is 1. The first-order chi connectivity index (χ1) is 7.25. The van der Waals surface area contributed by atoms with Gasteiger partial charge in [-0.3, -0.25) is 0 Å². The lowest BCUT2D eigenvalue weighted by Gasteiger charge is -2.30. The minimum Gasteiger partial charge on any atom is -0.382 e. The molecule has 0 aliphatic heterocycles. The van der Waals surface area contributed by atoms with Crippen molar-refractivity contribution in [2.45, 2.75) is 38.6 Å². The van der Waals surface area contributed by atoms with E-state index < -0.39 is 0 Å². The van der Waals surface area contributed by atoms with Gasteiger partial charge in [0, 0.05) is 15.3 Å². The maximum absolute atomic E-state index is 3.67. The molecule has 2 heteroatoms. The van der Waals surface area contributed by atoms with Crippen LogP contribution >= 0.6 is 22.6 Å². The highest BCUT2D eigenvalue weighted by Crippen LogP contribution is 2.27. The van der Waals surface area contributed by atoms with Crippen LogP contribution in [0.15, 0.2) is 24.3 Å². The van der Waals surface area contributed by atoms with Crippen molar-refractivity contribution in [2.75, 3.05) is 5.32 Å². The molecular formula is C13H18IN. The molecule has 1 aliphatic carbocycles. The fraction of sp³-hybridized carbons (Fsp3) is 0.538. The first kappa shape index (κ1) is 11.2. The molecule has 0 heterocycles. The Labute approximate surface area is 106 Å². The van der Waals surface area contributed by atoms with Crippen molar-refractivity contribution in [1.82, 2.24) is 0 Å². The highest BCUT2D eigenvalue weighted by atomic mass is 127. The minimum absolute atomic E-state index is 0.678. The van der Waals surface area contributed by atoms with Gasteiger partial charge in [0.1, 0.15) is 0 Å². The van der Waals surface area contributed by atoms with E-state index in [-0.39, 0.29) is 0 Å². The summed E-state index contributed by atoms with van der Waals surface area (Å²) >= 11 is 2.36. The van der Waals surface area contributed by atoms with Gasteiger partial charge in [-0.2, -0.15) is 0 Å². The Kier molecular flexibility index (Phi) is 3.89. The van der Waals surface area contributed by atoms with Crippen LogP contribution in [0, 0.1) is 9.49 Å². The zero-order valence-corrected chi connectivity index (χ0v) is 11.3. The van der Waals surface area contributed by atoms with Gasteiger partial charge < -0.3 is 5.32 Å². The first-order valence-electron chi connectivity index (χ1n) is 5.78. The third-order valence-electron chi connectivity index (χ3n) is 3.29. The van der Waals surface area contributed by atoms with E-state index in [9.17, 15) is 0 Å². The van der Waals surface area contributed by atoms with Gasteiger partial charge in [0.2, 0.25) is 0 Å². The summed E-state index contributed by atoms with van der Waals surface area (Å²) in [5.41, 5.74) is 1.28. The van der Waals surface area contributed by atoms with Gasteiger partial charge in [0.15, 0.2) is 0 Å². The summed E-state index contributed by atoms with van der Waals surface area (Å²) in [6, 6.07) is 9.33. The van der Waals surface area contributed by atoms with Crippen LogP contribution in [0.5, 0.6) is 0 Å². The average Bonchev–Trinajstić information content (AvgIpc) is 2.22. The van der Waals surface area contributed by atoms with Crippen LogP contribution < -0.4 is 5.32 Å². The molecule has 1 fully saturated rings. The van der Waals surface area contributed by atoms with Crippen molar-refractivity contribution < 1.29 is 0 Å². The van der Waals surface area contributed by atoms with Crippen molar-refractivity contribution >= 4 is 28.3 Å². The van der Waals surface area contributed by atoms with Crippen LogP contribution in [0.25, 0.3) is 0 Å². The summed E-state index contributed by atoms with van der Waals surface area (Å²) in [7, 11) is 0. The topological polar surface area (TPSA) is 12.0 Å².